The fraction of sp³-hybridized carbons (Fsp3) is 0.625. The minimum atomic E-state index is -0.465. The molecule has 20 heavy (non-hydrogen) atoms. The summed E-state index contributed by atoms with van der Waals surface area (Å²) >= 11 is 0. The highest BCUT2D eigenvalue weighted by Gasteiger charge is 2.29. The molecule has 0 amide bonds. The van der Waals surface area contributed by atoms with Crippen molar-refractivity contribution in [1.82, 2.24) is 4.90 Å². The highest BCUT2D eigenvalue weighted by Crippen LogP contribution is 2.33. The molecule has 0 aromatic heterocycles. The average molecular weight is 277 g/mol. The van der Waals surface area contributed by atoms with Gasteiger partial charge in [-0.25, -0.2) is 0 Å². The van der Waals surface area contributed by atoms with E-state index in [1.54, 1.807) is 0 Å². The van der Waals surface area contributed by atoms with Gasteiger partial charge in [0, 0.05) is 19.0 Å². The monoisotopic (exact) mass is 277 g/mol. The molecule has 0 bridgehead atoms. The molecule has 1 aliphatic carbocycles. The normalized spacial score (nSPS) is 19.8. The molecule has 1 aromatic carbocycles. The van der Waals surface area contributed by atoms with Crippen LogP contribution in [0.15, 0.2) is 18.2 Å². The zero-order valence-corrected chi connectivity index (χ0v) is 12.0. The van der Waals surface area contributed by atoms with Crippen molar-refractivity contribution in [3.8, 4) is 11.5 Å². The Labute approximate surface area is 120 Å². The average Bonchev–Trinajstić information content (AvgIpc) is 3.30. The van der Waals surface area contributed by atoms with Crippen LogP contribution in [-0.2, 0) is 0 Å². The van der Waals surface area contributed by atoms with Crippen LogP contribution in [0.5, 0.6) is 11.5 Å². The standard InChI is InChI=1S/C16H23NO3/c1-2-17(13-5-6-13)11-14(18)12-4-7-15-16(10-12)20-9-3-8-19-15/h4,7,10,13-14,18H,2-3,5-6,8-9,11H2,1H3. The van der Waals surface area contributed by atoms with Crippen LogP contribution in [0.25, 0.3) is 0 Å². The lowest BCUT2D eigenvalue weighted by atomic mass is 10.1. The van der Waals surface area contributed by atoms with Crippen LogP contribution in [0.4, 0.5) is 0 Å². The molecule has 1 fully saturated rings. The predicted octanol–water partition coefficient (Wildman–Crippen LogP) is 2.37. The largest absolute Gasteiger partial charge is 0.490 e. The van der Waals surface area contributed by atoms with Crippen LogP contribution >= 0.6 is 0 Å². The Kier molecular flexibility index (Phi) is 4.13. The maximum atomic E-state index is 10.4. The second-order valence-corrected chi connectivity index (χ2v) is 5.59. The molecular weight excluding hydrogens is 254 g/mol. The number of fused-ring (bicyclic) bond motifs is 1. The summed E-state index contributed by atoms with van der Waals surface area (Å²) in [6.07, 6.45) is 2.97. The molecule has 1 aromatic rings. The third kappa shape index (κ3) is 3.07. The molecule has 1 heterocycles. The van der Waals surface area contributed by atoms with Crippen molar-refractivity contribution >= 4 is 0 Å². The van der Waals surface area contributed by atoms with E-state index in [1.165, 1.54) is 12.8 Å². The molecule has 3 rings (SSSR count). The van der Waals surface area contributed by atoms with Crippen molar-refractivity contribution in [2.75, 3.05) is 26.3 Å². The summed E-state index contributed by atoms with van der Waals surface area (Å²) in [5.41, 5.74) is 0.911. The van der Waals surface area contributed by atoms with Crippen LogP contribution in [0.2, 0.25) is 0 Å². The number of hydrogen-bond donors (Lipinski definition) is 1. The summed E-state index contributed by atoms with van der Waals surface area (Å²) < 4.78 is 11.3. The Hall–Kier alpha value is -1.26. The summed E-state index contributed by atoms with van der Waals surface area (Å²) in [4.78, 5) is 2.35. The minimum Gasteiger partial charge on any atom is -0.490 e. The Bertz CT molecular complexity index is 459. The summed E-state index contributed by atoms with van der Waals surface area (Å²) in [5.74, 6) is 1.54. The summed E-state index contributed by atoms with van der Waals surface area (Å²) in [5, 5.41) is 10.4. The third-order valence-corrected chi connectivity index (χ3v) is 4.03. The van der Waals surface area contributed by atoms with Gasteiger partial charge in [-0.2, -0.15) is 0 Å². The topological polar surface area (TPSA) is 41.9 Å². The van der Waals surface area contributed by atoms with Crippen molar-refractivity contribution in [1.29, 1.82) is 0 Å². The zero-order valence-electron chi connectivity index (χ0n) is 12.0. The number of aliphatic hydroxyl groups excluding tert-OH is 1. The summed E-state index contributed by atoms with van der Waals surface area (Å²) in [7, 11) is 0. The van der Waals surface area contributed by atoms with Gasteiger partial charge in [-0.15, -0.1) is 0 Å². The number of likely N-dealkylation sites (N-methyl/N-ethyl adjacent to an activating group) is 1. The summed E-state index contributed by atoms with van der Waals surface area (Å²) in [6, 6.07) is 6.45. The third-order valence-electron chi connectivity index (χ3n) is 4.03. The van der Waals surface area contributed by atoms with Crippen molar-refractivity contribution in [3.63, 3.8) is 0 Å². The van der Waals surface area contributed by atoms with E-state index in [0.717, 1.165) is 30.0 Å². The maximum absolute atomic E-state index is 10.4. The molecular formula is C16H23NO3. The highest BCUT2D eigenvalue weighted by molar-refractivity contribution is 5.44. The van der Waals surface area contributed by atoms with Gasteiger partial charge >= 0.3 is 0 Å². The lowest BCUT2D eigenvalue weighted by Crippen LogP contribution is -2.30. The Balaban J connectivity index is 1.70. The first-order valence-corrected chi connectivity index (χ1v) is 7.59. The van der Waals surface area contributed by atoms with Gasteiger partial charge in [0.05, 0.1) is 19.3 Å². The molecule has 4 heteroatoms. The molecule has 0 spiro atoms. The van der Waals surface area contributed by atoms with Gasteiger partial charge in [-0.1, -0.05) is 13.0 Å². The van der Waals surface area contributed by atoms with E-state index in [0.29, 0.717) is 25.8 Å². The van der Waals surface area contributed by atoms with E-state index in [2.05, 4.69) is 11.8 Å². The second-order valence-electron chi connectivity index (χ2n) is 5.59. The number of ether oxygens (including phenoxy) is 2. The van der Waals surface area contributed by atoms with Crippen LogP contribution in [0.1, 0.15) is 37.9 Å². The Morgan fingerprint density at radius 3 is 2.70 bits per heavy atom. The second kappa shape index (κ2) is 6.02. The molecule has 2 aliphatic rings. The van der Waals surface area contributed by atoms with Gasteiger partial charge in [0.1, 0.15) is 0 Å². The molecule has 4 nitrogen and oxygen atoms in total. The van der Waals surface area contributed by atoms with Crippen LogP contribution in [-0.4, -0.2) is 42.4 Å². The quantitative estimate of drug-likeness (QED) is 0.897. The molecule has 1 aliphatic heterocycles. The number of rotatable bonds is 5. The van der Waals surface area contributed by atoms with Gasteiger partial charge in [0.15, 0.2) is 11.5 Å². The van der Waals surface area contributed by atoms with Crippen LogP contribution < -0.4 is 9.47 Å². The van der Waals surface area contributed by atoms with E-state index >= 15 is 0 Å². The van der Waals surface area contributed by atoms with Crippen molar-refractivity contribution in [2.45, 2.75) is 38.3 Å². The number of benzene rings is 1. The molecule has 1 N–H and O–H groups in total. The molecule has 0 radical (unpaired) electrons. The predicted molar refractivity (Wildman–Crippen MR) is 77.3 cm³/mol. The molecule has 0 saturated heterocycles. The van der Waals surface area contributed by atoms with Gasteiger partial charge in [-0.3, -0.25) is 4.90 Å². The van der Waals surface area contributed by atoms with Gasteiger partial charge in [0.25, 0.3) is 0 Å². The first-order chi connectivity index (χ1) is 9.78. The zero-order chi connectivity index (χ0) is 13.9. The SMILES string of the molecule is CCN(CC(O)c1ccc2c(c1)OCCCO2)C1CC1. The van der Waals surface area contributed by atoms with Crippen molar-refractivity contribution in [3.05, 3.63) is 23.8 Å². The first kappa shape index (κ1) is 13.7. The lowest BCUT2D eigenvalue weighted by molar-refractivity contribution is 0.111. The maximum Gasteiger partial charge on any atom is 0.161 e. The van der Waals surface area contributed by atoms with E-state index < -0.39 is 6.10 Å². The lowest BCUT2D eigenvalue weighted by Gasteiger charge is -2.23. The van der Waals surface area contributed by atoms with E-state index in [-0.39, 0.29) is 0 Å². The fourth-order valence-corrected chi connectivity index (χ4v) is 2.69. The van der Waals surface area contributed by atoms with Gasteiger partial charge in [0.2, 0.25) is 0 Å². The van der Waals surface area contributed by atoms with E-state index in [9.17, 15) is 5.11 Å². The molecule has 110 valence electrons. The molecule has 1 saturated carbocycles. The number of aliphatic hydroxyl groups is 1. The molecule has 1 atom stereocenters. The van der Waals surface area contributed by atoms with Gasteiger partial charge in [-0.05, 0) is 37.1 Å². The summed E-state index contributed by atoms with van der Waals surface area (Å²) in [6.45, 7) is 5.21. The first-order valence-electron chi connectivity index (χ1n) is 7.59. The van der Waals surface area contributed by atoms with E-state index in [1.807, 2.05) is 18.2 Å². The highest BCUT2D eigenvalue weighted by atomic mass is 16.5. The smallest absolute Gasteiger partial charge is 0.161 e. The van der Waals surface area contributed by atoms with Crippen LogP contribution in [0, 0.1) is 0 Å². The minimum absolute atomic E-state index is 0.465. The van der Waals surface area contributed by atoms with Crippen LogP contribution in [0.3, 0.4) is 0 Å². The Morgan fingerprint density at radius 2 is 2.00 bits per heavy atom. The van der Waals surface area contributed by atoms with E-state index in [4.69, 9.17) is 9.47 Å². The fourth-order valence-electron chi connectivity index (χ4n) is 2.69. The Morgan fingerprint density at radius 1 is 1.25 bits per heavy atom. The number of nitrogens with zero attached hydrogens (tertiary/aromatic N) is 1. The number of hydrogen-bond acceptors (Lipinski definition) is 4. The molecule has 1 unspecified atom stereocenters. The van der Waals surface area contributed by atoms with Gasteiger partial charge < -0.3 is 14.6 Å². The van der Waals surface area contributed by atoms with Crippen molar-refractivity contribution in [2.24, 2.45) is 0 Å². The van der Waals surface area contributed by atoms with Crippen molar-refractivity contribution < 1.29 is 14.6 Å².